The van der Waals surface area contributed by atoms with Crippen LogP contribution in [0.3, 0.4) is 0 Å². The fourth-order valence-electron chi connectivity index (χ4n) is 2.59. The molecule has 1 heterocycles. The molecule has 21 heavy (non-hydrogen) atoms. The SMILES string of the molecule is Cc1cc(NC(=O)CC(=O)N2CCCC(C)C2)ccc1Br. The van der Waals surface area contributed by atoms with Crippen molar-refractivity contribution >= 4 is 33.4 Å². The molecule has 5 heteroatoms. The molecule has 0 aliphatic carbocycles. The highest BCUT2D eigenvalue weighted by atomic mass is 79.9. The molecule has 0 spiro atoms. The molecular weight excluding hydrogens is 332 g/mol. The molecule has 0 aromatic heterocycles. The molecule has 0 bridgehead atoms. The molecule has 1 N–H and O–H groups in total. The number of likely N-dealkylation sites (tertiary alicyclic amines) is 1. The van der Waals surface area contributed by atoms with Crippen LogP contribution in [0.2, 0.25) is 0 Å². The van der Waals surface area contributed by atoms with Crippen molar-refractivity contribution in [2.45, 2.75) is 33.1 Å². The quantitative estimate of drug-likeness (QED) is 0.848. The molecule has 114 valence electrons. The van der Waals surface area contributed by atoms with Crippen LogP contribution in [0.15, 0.2) is 22.7 Å². The van der Waals surface area contributed by atoms with Gasteiger partial charge >= 0.3 is 0 Å². The Balaban J connectivity index is 1.88. The first kappa shape index (κ1) is 16.0. The smallest absolute Gasteiger partial charge is 0.233 e. The maximum absolute atomic E-state index is 12.1. The lowest BCUT2D eigenvalue weighted by Crippen LogP contribution is -2.40. The number of benzene rings is 1. The summed E-state index contributed by atoms with van der Waals surface area (Å²) in [6, 6.07) is 5.59. The highest BCUT2D eigenvalue weighted by Gasteiger charge is 2.22. The number of nitrogens with one attached hydrogen (secondary N) is 1. The van der Waals surface area contributed by atoms with E-state index < -0.39 is 0 Å². The number of rotatable bonds is 3. The second-order valence-electron chi connectivity index (χ2n) is 5.78. The number of hydrogen-bond acceptors (Lipinski definition) is 2. The molecule has 1 aliphatic rings. The fraction of sp³-hybridized carbons (Fsp3) is 0.500. The summed E-state index contributed by atoms with van der Waals surface area (Å²) in [5.74, 6) is 0.202. The molecule has 1 unspecified atom stereocenters. The Hall–Kier alpha value is -1.36. The number of nitrogens with zero attached hydrogens (tertiary/aromatic N) is 1. The van der Waals surface area contributed by atoms with E-state index in [1.165, 1.54) is 0 Å². The zero-order chi connectivity index (χ0) is 15.4. The minimum Gasteiger partial charge on any atom is -0.342 e. The number of amides is 2. The lowest BCUT2D eigenvalue weighted by molar-refractivity contribution is -0.136. The number of hydrogen-bond donors (Lipinski definition) is 1. The van der Waals surface area contributed by atoms with Crippen LogP contribution in [0.25, 0.3) is 0 Å². The van der Waals surface area contributed by atoms with Gasteiger partial charge in [0.2, 0.25) is 11.8 Å². The predicted octanol–water partition coefficient (Wildman–Crippen LogP) is 3.34. The highest BCUT2D eigenvalue weighted by molar-refractivity contribution is 9.10. The maximum Gasteiger partial charge on any atom is 0.233 e. The van der Waals surface area contributed by atoms with E-state index in [1.54, 1.807) is 4.90 Å². The highest BCUT2D eigenvalue weighted by Crippen LogP contribution is 2.20. The first-order valence-corrected chi connectivity index (χ1v) is 8.09. The number of anilines is 1. The van der Waals surface area contributed by atoms with Crippen molar-refractivity contribution < 1.29 is 9.59 Å². The van der Waals surface area contributed by atoms with Crippen molar-refractivity contribution in [3.8, 4) is 0 Å². The lowest BCUT2D eigenvalue weighted by Gasteiger charge is -2.30. The summed E-state index contributed by atoms with van der Waals surface area (Å²) >= 11 is 3.42. The topological polar surface area (TPSA) is 49.4 Å². The van der Waals surface area contributed by atoms with E-state index in [0.717, 1.165) is 41.7 Å². The van der Waals surface area contributed by atoms with Crippen molar-refractivity contribution in [2.75, 3.05) is 18.4 Å². The predicted molar refractivity (Wildman–Crippen MR) is 87.1 cm³/mol. The van der Waals surface area contributed by atoms with Gasteiger partial charge in [-0.15, -0.1) is 0 Å². The van der Waals surface area contributed by atoms with Crippen LogP contribution in [0.1, 0.15) is 31.7 Å². The Kier molecular flexibility index (Phi) is 5.39. The average molecular weight is 353 g/mol. The summed E-state index contributed by atoms with van der Waals surface area (Å²) in [7, 11) is 0. The van der Waals surface area contributed by atoms with Gasteiger partial charge in [-0.3, -0.25) is 9.59 Å². The summed E-state index contributed by atoms with van der Waals surface area (Å²) < 4.78 is 0.999. The van der Waals surface area contributed by atoms with Crippen molar-refractivity contribution in [2.24, 2.45) is 5.92 Å². The molecule has 2 amide bonds. The monoisotopic (exact) mass is 352 g/mol. The number of piperidine rings is 1. The first-order chi connectivity index (χ1) is 9.95. The standard InChI is InChI=1S/C16H21BrN2O2/c1-11-4-3-7-19(10-11)16(21)9-15(20)18-13-5-6-14(17)12(2)8-13/h5-6,8,11H,3-4,7,9-10H2,1-2H3,(H,18,20). The minimum absolute atomic E-state index is 0.0760. The van der Waals surface area contributed by atoms with Gasteiger partial charge in [-0.25, -0.2) is 0 Å². The zero-order valence-electron chi connectivity index (χ0n) is 12.5. The Morgan fingerprint density at radius 2 is 2.19 bits per heavy atom. The number of carbonyl (C=O) groups excluding carboxylic acids is 2. The molecule has 1 aromatic carbocycles. The van der Waals surface area contributed by atoms with Gasteiger partial charge in [0.05, 0.1) is 0 Å². The van der Waals surface area contributed by atoms with Gasteiger partial charge in [0.15, 0.2) is 0 Å². The van der Waals surface area contributed by atoms with Crippen molar-refractivity contribution in [1.82, 2.24) is 4.90 Å². The Morgan fingerprint density at radius 3 is 2.86 bits per heavy atom. The van der Waals surface area contributed by atoms with Gasteiger partial charge in [-0.2, -0.15) is 0 Å². The van der Waals surface area contributed by atoms with Gasteiger partial charge in [0, 0.05) is 23.2 Å². The number of carbonyl (C=O) groups is 2. The third kappa shape index (κ3) is 4.56. The van der Waals surface area contributed by atoms with Gasteiger partial charge in [0.25, 0.3) is 0 Å². The van der Waals surface area contributed by atoms with E-state index in [9.17, 15) is 9.59 Å². The van der Waals surface area contributed by atoms with E-state index in [1.807, 2.05) is 25.1 Å². The second-order valence-corrected chi connectivity index (χ2v) is 6.63. The van der Waals surface area contributed by atoms with Crippen LogP contribution in [-0.2, 0) is 9.59 Å². The zero-order valence-corrected chi connectivity index (χ0v) is 14.1. The second kappa shape index (κ2) is 7.07. The van der Waals surface area contributed by atoms with E-state index in [2.05, 4.69) is 28.2 Å². The molecule has 1 aromatic rings. The number of aryl methyl sites for hydroxylation is 1. The molecule has 0 saturated carbocycles. The lowest BCUT2D eigenvalue weighted by atomic mass is 10.00. The van der Waals surface area contributed by atoms with Crippen LogP contribution in [0.5, 0.6) is 0 Å². The summed E-state index contributed by atoms with van der Waals surface area (Å²) in [6.07, 6.45) is 2.11. The van der Waals surface area contributed by atoms with Crippen LogP contribution in [-0.4, -0.2) is 29.8 Å². The molecule has 0 radical (unpaired) electrons. The van der Waals surface area contributed by atoms with Crippen LogP contribution in [0, 0.1) is 12.8 Å². The third-order valence-corrected chi connectivity index (χ3v) is 4.65. The van der Waals surface area contributed by atoms with E-state index in [0.29, 0.717) is 5.92 Å². The van der Waals surface area contributed by atoms with Crippen molar-refractivity contribution in [1.29, 1.82) is 0 Å². The largest absolute Gasteiger partial charge is 0.342 e. The summed E-state index contributed by atoms with van der Waals surface area (Å²) in [5, 5.41) is 2.78. The number of halogens is 1. The van der Waals surface area contributed by atoms with Gasteiger partial charge in [0.1, 0.15) is 6.42 Å². The molecular formula is C16H21BrN2O2. The minimum atomic E-state index is -0.250. The average Bonchev–Trinajstić information content (AvgIpc) is 2.43. The Morgan fingerprint density at radius 1 is 1.43 bits per heavy atom. The Labute approximate surface area is 134 Å². The van der Waals surface area contributed by atoms with Crippen LogP contribution in [0.4, 0.5) is 5.69 Å². The van der Waals surface area contributed by atoms with E-state index in [4.69, 9.17) is 0 Å². The molecule has 4 nitrogen and oxygen atoms in total. The normalized spacial score (nSPS) is 18.4. The van der Waals surface area contributed by atoms with Gasteiger partial charge in [-0.1, -0.05) is 22.9 Å². The molecule has 2 rings (SSSR count). The van der Waals surface area contributed by atoms with Crippen LogP contribution >= 0.6 is 15.9 Å². The van der Waals surface area contributed by atoms with Crippen molar-refractivity contribution in [3.05, 3.63) is 28.2 Å². The van der Waals surface area contributed by atoms with Gasteiger partial charge < -0.3 is 10.2 Å². The van der Waals surface area contributed by atoms with Crippen LogP contribution < -0.4 is 5.32 Å². The first-order valence-electron chi connectivity index (χ1n) is 7.29. The van der Waals surface area contributed by atoms with E-state index >= 15 is 0 Å². The maximum atomic E-state index is 12.1. The summed E-state index contributed by atoms with van der Waals surface area (Å²) in [5.41, 5.74) is 1.77. The summed E-state index contributed by atoms with van der Waals surface area (Å²) in [6.45, 7) is 5.64. The third-order valence-electron chi connectivity index (χ3n) is 3.76. The molecule has 1 saturated heterocycles. The fourth-order valence-corrected chi connectivity index (χ4v) is 2.84. The molecule has 1 atom stereocenters. The Bertz CT molecular complexity index is 545. The van der Waals surface area contributed by atoms with Gasteiger partial charge in [-0.05, 0) is 49.4 Å². The van der Waals surface area contributed by atoms with E-state index in [-0.39, 0.29) is 18.2 Å². The molecule has 1 aliphatic heterocycles. The molecule has 1 fully saturated rings. The van der Waals surface area contributed by atoms with Crippen molar-refractivity contribution in [3.63, 3.8) is 0 Å². The summed E-state index contributed by atoms with van der Waals surface area (Å²) in [4.78, 5) is 25.9.